The van der Waals surface area contributed by atoms with Crippen LogP contribution in [0.2, 0.25) is 0 Å². The van der Waals surface area contributed by atoms with Crippen LogP contribution in [0.1, 0.15) is 30.9 Å². The molecule has 0 aromatic heterocycles. The average Bonchev–Trinajstić information content (AvgIpc) is 2.76. The fraction of sp³-hybridized carbons (Fsp3) is 0.417. The highest BCUT2D eigenvalue weighted by Gasteiger charge is 2.19. The van der Waals surface area contributed by atoms with Crippen molar-refractivity contribution in [3.8, 4) is 0 Å². The van der Waals surface area contributed by atoms with E-state index in [2.05, 4.69) is 56.2 Å². The van der Waals surface area contributed by atoms with E-state index in [0.29, 0.717) is 6.04 Å². The summed E-state index contributed by atoms with van der Waals surface area (Å²) in [4.78, 5) is 18.0. The van der Waals surface area contributed by atoms with E-state index in [9.17, 15) is 4.79 Å². The normalized spacial score (nSPS) is 15.1. The van der Waals surface area contributed by atoms with E-state index in [-0.39, 0.29) is 29.9 Å². The van der Waals surface area contributed by atoms with E-state index < -0.39 is 0 Å². The zero-order chi connectivity index (χ0) is 21.2. The van der Waals surface area contributed by atoms with Crippen molar-refractivity contribution < 1.29 is 4.79 Å². The summed E-state index contributed by atoms with van der Waals surface area (Å²) in [7, 11) is 1.82. The number of carbonyl (C=O) groups is 1. The van der Waals surface area contributed by atoms with Crippen molar-refractivity contribution in [1.29, 1.82) is 0 Å². The molecule has 0 atom stereocenters. The third-order valence-corrected chi connectivity index (χ3v) is 5.38. The van der Waals surface area contributed by atoms with Crippen LogP contribution < -0.4 is 16.0 Å². The van der Waals surface area contributed by atoms with Gasteiger partial charge < -0.3 is 16.0 Å². The Balaban J connectivity index is 0.00000341. The number of aliphatic imine (C=N–C) groups is 1. The summed E-state index contributed by atoms with van der Waals surface area (Å²) >= 11 is 0. The van der Waals surface area contributed by atoms with Crippen molar-refractivity contribution in [1.82, 2.24) is 15.5 Å². The lowest BCUT2D eigenvalue weighted by Gasteiger charge is -2.33. The van der Waals surface area contributed by atoms with Crippen LogP contribution in [0.15, 0.2) is 59.6 Å². The first kappa shape index (κ1) is 25.1. The van der Waals surface area contributed by atoms with Gasteiger partial charge in [0.05, 0.1) is 0 Å². The number of likely N-dealkylation sites (tertiary alicyclic amines) is 1. The molecule has 2 aromatic carbocycles. The Morgan fingerprint density at radius 3 is 2.32 bits per heavy atom. The van der Waals surface area contributed by atoms with Gasteiger partial charge in [-0.25, -0.2) is 0 Å². The molecule has 1 heterocycles. The minimum Gasteiger partial charge on any atom is -0.356 e. The molecule has 1 saturated heterocycles. The molecule has 168 valence electrons. The second-order valence-corrected chi connectivity index (χ2v) is 7.81. The highest BCUT2D eigenvalue weighted by Crippen LogP contribution is 2.14. The summed E-state index contributed by atoms with van der Waals surface area (Å²) in [5.41, 5.74) is 3.43. The summed E-state index contributed by atoms with van der Waals surface area (Å²) in [6.45, 7) is 5.56. The molecule has 31 heavy (non-hydrogen) atoms. The SMILES string of the molecule is CN=C(NCCc1ccc(NC(C)=O)cc1)NC1CCN(Cc2ccccc2)CC1.I. The summed E-state index contributed by atoms with van der Waals surface area (Å²) in [6, 6.07) is 19.1. The van der Waals surface area contributed by atoms with E-state index in [0.717, 1.165) is 57.1 Å². The number of hydrogen-bond acceptors (Lipinski definition) is 3. The van der Waals surface area contributed by atoms with Gasteiger partial charge in [-0.2, -0.15) is 0 Å². The van der Waals surface area contributed by atoms with Gasteiger partial charge in [-0.05, 0) is 42.5 Å². The number of amides is 1. The first-order chi connectivity index (χ1) is 14.6. The topological polar surface area (TPSA) is 68.8 Å². The molecule has 1 amide bonds. The number of anilines is 1. The Labute approximate surface area is 202 Å². The molecule has 6 nitrogen and oxygen atoms in total. The maximum Gasteiger partial charge on any atom is 0.221 e. The van der Waals surface area contributed by atoms with Gasteiger partial charge in [-0.3, -0.25) is 14.7 Å². The number of guanidine groups is 1. The minimum absolute atomic E-state index is 0. The largest absolute Gasteiger partial charge is 0.356 e. The Bertz CT molecular complexity index is 818. The fourth-order valence-corrected chi connectivity index (χ4v) is 3.75. The molecule has 0 spiro atoms. The van der Waals surface area contributed by atoms with Crippen LogP contribution in [-0.2, 0) is 17.8 Å². The van der Waals surface area contributed by atoms with Gasteiger partial charge in [-0.15, -0.1) is 24.0 Å². The summed E-state index contributed by atoms with van der Waals surface area (Å²) in [5, 5.41) is 9.78. The number of piperidine rings is 1. The van der Waals surface area contributed by atoms with Crippen molar-refractivity contribution >= 4 is 41.5 Å². The monoisotopic (exact) mass is 535 g/mol. The molecular weight excluding hydrogens is 501 g/mol. The zero-order valence-electron chi connectivity index (χ0n) is 18.4. The lowest BCUT2D eigenvalue weighted by molar-refractivity contribution is -0.114. The van der Waals surface area contributed by atoms with Gasteiger partial charge in [0.1, 0.15) is 0 Å². The molecule has 0 aliphatic carbocycles. The van der Waals surface area contributed by atoms with Gasteiger partial charge in [0.15, 0.2) is 5.96 Å². The smallest absolute Gasteiger partial charge is 0.221 e. The molecule has 0 unspecified atom stereocenters. The highest BCUT2D eigenvalue weighted by molar-refractivity contribution is 14.0. The van der Waals surface area contributed by atoms with Crippen LogP contribution >= 0.6 is 24.0 Å². The van der Waals surface area contributed by atoms with Crippen molar-refractivity contribution in [2.75, 3.05) is 32.0 Å². The van der Waals surface area contributed by atoms with Crippen molar-refractivity contribution in [3.05, 3.63) is 65.7 Å². The van der Waals surface area contributed by atoms with Gasteiger partial charge in [0.2, 0.25) is 5.91 Å². The van der Waals surface area contributed by atoms with Crippen LogP contribution in [0.3, 0.4) is 0 Å². The average molecular weight is 535 g/mol. The molecule has 2 aromatic rings. The van der Waals surface area contributed by atoms with Crippen molar-refractivity contribution in [2.45, 2.75) is 38.8 Å². The van der Waals surface area contributed by atoms with Gasteiger partial charge >= 0.3 is 0 Å². The lowest BCUT2D eigenvalue weighted by atomic mass is 10.0. The number of halogens is 1. The molecule has 1 aliphatic rings. The predicted molar refractivity (Wildman–Crippen MR) is 139 cm³/mol. The second kappa shape index (κ2) is 13.3. The van der Waals surface area contributed by atoms with Gasteiger partial charge in [0, 0.05) is 51.9 Å². The van der Waals surface area contributed by atoms with Crippen LogP contribution in [0, 0.1) is 0 Å². The first-order valence-electron chi connectivity index (χ1n) is 10.7. The number of hydrogen-bond donors (Lipinski definition) is 3. The molecule has 1 fully saturated rings. The maximum absolute atomic E-state index is 11.1. The van der Waals surface area contributed by atoms with Crippen LogP contribution in [-0.4, -0.2) is 49.5 Å². The molecular formula is C24H34IN5O. The second-order valence-electron chi connectivity index (χ2n) is 7.81. The van der Waals surface area contributed by atoms with E-state index >= 15 is 0 Å². The van der Waals surface area contributed by atoms with E-state index in [1.54, 1.807) is 0 Å². The number of nitrogens with zero attached hydrogens (tertiary/aromatic N) is 2. The quantitative estimate of drug-likeness (QED) is 0.288. The van der Waals surface area contributed by atoms with E-state index in [1.807, 2.05) is 31.3 Å². The molecule has 3 rings (SSSR count). The Morgan fingerprint density at radius 2 is 1.71 bits per heavy atom. The number of nitrogens with one attached hydrogen (secondary N) is 3. The zero-order valence-corrected chi connectivity index (χ0v) is 20.8. The summed E-state index contributed by atoms with van der Waals surface area (Å²) in [5.74, 6) is 0.816. The van der Waals surface area contributed by atoms with Crippen molar-refractivity contribution in [2.24, 2.45) is 4.99 Å². The fourth-order valence-electron chi connectivity index (χ4n) is 3.75. The molecule has 0 saturated carbocycles. The van der Waals surface area contributed by atoms with E-state index in [1.165, 1.54) is 18.1 Å². The first-order valence-corrected chi connectivity index (χ1v) is 10.7. The molecule has 0 radical (unpaired) electrons. The number of carbonyl (C=O) groups excluding carboxylic acids is 1. The number of benzene rings is 2. The molecule has 3 N–H and O–H groups in total. The molecule has 0 bridgehead atoms. The lowest BCUT2D eigenvalue weighted by Crippen LogP contribution is -2.48. The van der Waals surface area contributed by atoms with E-state index in [4.69, 9.17) is 0 Å². The number of rotatable bonds is 7. The Morgan fingerprint density at radius 1 is 1.03 bits per heavy atom. The Hall–Kier alpha value is -2.13. The standard InChI is InChI=1S/C24H33N5O.HI/c1-19(30)27-22-10-8-20(9-11-22)12-15-26-24(25-2)28-23-13-16-29(17-14-23)18-21-6-4-3-5-7-21;/h3-11,23H,12-18H2,1-2H3,(H,27,30)(H2,25,26,28);1H. The van der Waals surface area contributed by atoms with Crippen LogP contribution in [0.25, 0.3) is 0 Å². The third kappa shape index (κ3) is 8.86. The Kier molecular flexibility index (Phi) is 10.8. The summed E-state index contributed by atoms with van der Waals surface area (Å²) < 4.78 is 0. The third-order valence-electron chi connectivity index (χ3n) is 5.38. The highest BCUT2D eigenvalue weighted by atomic mass is 127. The van der Waals surface area contributed by atoms with Crippen LogP contribution in [0.4, 0.5) is 5.69 Å². The molecule has 7 heteroatoms. The summed E-state index contributed by atoms with van der Waals surface area (Å²) in [6.07, 6.45) is 3.15. The van der Waals surface area contributed by atoms with Crippen LogP contribution in [0.5, 0.6) is 0 Å². The van der Waals surface area contributed by atoms with Crippen molar-refractivity contribution in [3.63, 3.8) is 0 Å². The maximum atomic E-state index is 11.1. The predicted octanol–water partition coefficient (Wildman–Crippen LogP) is 3.64. The van der Waals surface area contributed by atoms with Gasteiger partial charge in [-0.1, -0.05) is 42.5 Å². The minimum atomic E-state index is -0.0508. The molecule has 1 aliphatic heterocycles. The van der Waals surface area contributed by atoms with Gasteiger partial charge in [0.25, 0.3) is 0 Å².